The number of imidazole rings is 1. The average molecular weight is 391 g/mol. The largest absolute Gasteiger partial charge is 0.447 e. The number of pyridine rings is 2. The molecule has 0 fully saturated rings. The Morgan fingerprint density at radius 3 is 2.86 bits per heavy atom. The summed E-state index contributed by atoms with van der Waals surface area (Å²) in [6.07, 6.45) is 4.70. The molecule has 0 bridgehead atoms. The second-order valence-electron chi connectivity index (χ2n) is 6.75. The van der Waals surface area contributed by atoms with E-state index in [4.69, 9.17) is 9.40 Å². The normalized spacial score (nSPS) is 14.3. The molecule has 0 aromatic carbocycles. The monoisotopic (exact) mass is 391 g/mol. The molecule has 0 saturated carbocycles. The van der Waals surface area contributed by atoms with Crippen LogP contribution >= 0.6 is 0 Å². The molecule has 5 heterocycles. The van der Waals surface area contributed by atoms with Crippen LogP contribution in [-0.2, 0) is 6.54 Å². The standard InChI is InChI=1S/C19H17N7O3/c1-24-8-9-25(11-15-20-7-10-29-15)17-12(18(24)27)4-5-14(22-17)26-13-3-2-6-21-16(13)23-19(26)28/h2-7,10H,8-9,11H2,1H3,(H,21,23,28). The van der Waals surface area contributed by atoms with Gasteiger partial charge in [0, 0.05) is 26.3 Å². The van der Waals surface area contributed by atoms with Crippen molar-refractivity contribution in [3.05, 3.63) is 64.9 Å². The first-order valence-electron chi connectivity index (χ1n) is 9.08. The maximum absolute atomic E-state index is 12.8. The van der Waals surface area contributed by atoms with Gasteiger partial charge in [-0.15, -0.1) is 0 Å². The van der Waals surface area contributed by atoms with Gasteiger partial charge in [0.25, 0.3) is 5.91 Å². The van der Waals surface area contributed by atoms with E-state index in [0.717, 1.165) is 0 Å². The van der Waals surface area contributed by atoms with Gasteiger partial charge in [-0.3, -0.25) is 9.78 Å². The van der Waals surface area contributed by atoms with E-state index in [-0.39, 0.29) is 11.6 Å². The first kappa shape index (κ1) is 17.2. The zero-order valence-corrected chi connectivity index (χ0v) is 15.6. The summed E-state index contributed by atoms with van der Waals surface area (Å²) in [5.41, 5.74) is 1.21. The molecular formula is C19H17N7O3. The number of rotatable bonds is 3. The summed E-state index contributed by atoms with van der Waals surface area (Å²) in [6.45, 7) is 1.45. The van der Waals surface area contributed by atoms with Crippen molar-refractivity contribution in [3.8, 4) is 5.82 Å². The van der Waals surface area contributed by atoms with Crippen LogP contribution in [0.5, 0.6) is 0 Å². The quantitative estimate of drug-likeness (QED) is 0.558. The number of hydrogen-bond acceptors (Lipinski definition) is 7. The van der Waals surface area contributed by atoms with Gasteiger partial charge in [0.05, 0.1) is 23.8 Å². The number of oxazole rings is 1. The Morgan fingerprint density at radius 2 is 2.03 bits per heavy atom. The first-order valence-corrected chi connectivity index (χ1v) is 9.08. The number of anilines is 1. The van der Waals surface area contributed by atoms with Gasteiger partial charge in [-0.25, -0.2) is 24.3 Å². The number of carbonyl (C=O) groups is 1. The lowest BCUT2D eigenvalue weighted by Crippen LogP contribution is -2.31. The highest BCUT2D eigenvalue weighted by atomic mass is 16.3. The van der Waals surface area contributed by atoms with Crippen molar-refractivity contribution in [1.29, 1.82) is 0 Å². The third-order valence-electron chi connectivity index (χ3n) is 4.94. The van der Waals surface area contributed by atoms with Crippen LogP contribution in [0, 0.1) is 0 Å². The minimum absolute atomic E-state index is 0.123. The average Bonchev–Trinajstić information content (AvgIpc) is 3.33. The number of hydrogen-bond donors (Lipinski definition) is 1. The Labute approximate surface area is 164 Å². The van der Waals surface area contributed by atoms with Gasteiger partial charge < -0.3 is 14.2 Å². The van der Waals surface area contributed by atoms with Crippen LogP contribution in [-0.4, -0.2) is 55.4 Å². The Balaban J connectivity index is 1.67. The molecule has 4 aromatic heterocycles. The summed E-state index contributed by atoms with van der Waals surface area (Å²) >= 11 is 0. The molecule has 0 aliphatic carbocycles. The van der Waals surface area contributed by atoms with Crippen LogP contribution in [0.25, 0.3) is 17.0 Å². The number of fused-ring (bicyclic) bond motifs is 2. The number of H-pyrrole nitrogens is 1. The highest BCUT2D eigenvalue weighted by Crippen LogP contribution is 2.26. The fourth-order valence-electron chi connectivity index (χ4n) is 3.47. The van der Waals surface area contributed by atoms with Gasteiger partial charge in [0.2, 0.25) is 5.89 Å². The zero-order chi connectivity index (χ0) is 20.0. The van der Waals surface area contributed by atoms with E-state index in [9.17, 15) is 9.59 Å². The highest BCUT2D eigenvalue weighted by molar-refractivity contribution is 5.99. The third-order valence-corrected chi connectivity index (χ3v) is 4.94. The molecule has 1 amide bonds. The van der Waals surface area contributed by atoms with Crippen molar-refractivity contribution in [2.24, 2.45) is 0 Å². The summed E-state index contributed by atoms with van der Waals surface area (Å²) in [6, 6.07) is 6.91. The fourth-order valence-corrected chi connectivity index (χ4v) is 3.47. The summed E-state index contributed by atoms with van der Waals surface area (Å²) in [4.78, 5) is 44.7. The van der Waals surface area contributed by atoms with Gasteiger partial charge >= 0.3 is 5.69 Å². The third kappa shape index (κ3) is 2.85. The molecule has 1 aliphatic rings. The predicted molar refractivity (Wildman–Crippen MR) is 104 cm³/mol. The Hall–Kier alpha value is -3.95. The summed E-state index contributed by atoms with van der Waals surface area (Å²) < 4.78 is 6.83. The number of nitrogens with one attached hydrogen (secondary N) is 1. The molecule has 1 N–H and O–H groups in total. The lowest BCUT2D eigenvalue weighted by molar-refractivity contribution is 0.0804. The lowest BCUT2D eigenvalue weighted by Gasteiger charge is -2.22. The van der Waals surface area contributed by atoms with Crippen LogP contribution < -0.4 is 10.6 Å². The molecule has 10 heteroatoms. The van der Waals surface area contributed by atoms with Gasteiger partial charge in [-0.2, -0.15) is 0 Å². The molecule has 0 spiro atoms. The van der Waals surface area contributed by atoms with E-state index in [0.29, 0.717) is 53.9 Å². The molecule has 0 radical (unpaired) electrons. The molecule has 1 aliphatic heterocycles. The topological polar surface area (TPSA) is 113 Å². The Kier molecular flexibility index (Phi) is 3.90. The number of nitrogens with zero attached hydrogens (tertiary/aromatic N) is 6. The van der Waals surface area contributed by atoms with E-state index in [1.807, 2.05) is 4.90 Å². The van der Waals surface area contributed by atoms with Crippen molar-refractivity contribution in [1.82, 2.24) is 29.4 Å². The molecule has 0 unspecified atom stereocenters. The van der Waals surface area contributed by atoms with Crippen molar-refractivity contribution in [2.45, 2.75) is 6.54 Å². The van der Waals surface area contributed by atoms with Crippen LogP contribution in [0.2, 0.25) is 0 Å². The number of carbonyl (C=O) groups excluding carboxylic acids is 1. The number of aromatic nitrogens is 5. The molecule has 4 aromatic rings. The Bertz CT molecular complexity index is 1260. The van der Waals surface area contributed by atoms with E-state index in [2.05, 4.69) is 15.0 Å². The molecule has 29 heavy (non-hydrogen) atoms. The van der Waals surface area contributed by atoms with Gasteiger partial charge in [-0.05, 0) is 24.3 Å². The second kappa shape index (κ2) is 6.59. The second-order valence-corrected chi connectivity index (χ2v) is 6.75. The van der Waals surface area contributed by atoms with Crippen molar-refractivity contribution in [3.63, 3.8) is 0 Å². The maximum Gasteiger partial charge on any atom is 0.333 e. The molecular weight excluding hydrogens is 374 g/mol. The minimum Gasteiger partial charge on any atom is -0.447 e. The highest BCUT2D eigenvalue weighted by Gasteiger charge is 2.27. The van der Waals surface area contributed by atoms with E-state index < -0.39 is 0 Å². The fraction of sp³-hybridized carbons (Fsp3) is 0.211. The van der Waals surface area contributed by atoms with Crippen LogP contribution in [0.1, 0.15) is 16.2 Å². The molecule has 0 saturated heterocycles. The number of aromatic amines is 1. The van der Waals surface area contributed by atoms with Gasteiger partial charge in [0.1, 0.15) is 17.9 Å². The zero-order valence-electron chi connectivity index (χ0n) is 15.6. The van der Waals surface area contributed by atoms with E-state index in [1.165, 1.54) is 10.8 Å². The Morgan fingerprint density at radius 1 is 1.14 bits per heavy atom. The van der Waals surface area contributed by atoms with Crippen LogP contribution in [0.3, 0.4) is 0 Å². The smallest absolute Gasteiger partial charge is 0.333 e. The van der Waals surface area contributed by atoms with Gasteiger partial charge in [0.15, 0.2) is 5.65 Å². The summed E-state index contributed by atoms with van der Waals surface area (Å²) in [5, 5.41) is 0. The SMILES string of the molecule is CN1CCN(Cc2ncco2)c2nc(-n3c(=O)[nH]c4ncccc43)ccc2C1=O. The molecule has 0 atom stereocenters. The van der Waals surface area contributed by atoms with E-state index >= 15 is 0 Å². The van der Waals surface area contributed by atoms with Crippen molar-refractivity contribution >= 4 is 22.9 Å². The van der Waals surface area contributed by atoms with Crippen LogP contribution in [0.15, 0.2) is 52.1 Å². The number of amides is 1. The minimum atomic E-state index is -0.345. The molecule has 146 valence electrons. The van der Waals surface area contributed by atoms with Crippen molar-refractivity contribution in [2.75, 3.05) is 25.0 Å². The van der Waals surface area contributed by atoms with Crippen LogP contribution in [0.4, 0.5) is 5.82 Å². The molecule has 10 nitrogen and oxygen atoms in total. The van der Waals surface area contributed by atoms with Gasteiger partial charge in [-0.1, -0.05) is 0 Å². The summed E-state index contributed by atoms with van der Waals surface area (Å²) in [5.74, 6) is 1.29. The molecule has 5 rings (SSSR count). The first-order chi connectivity index (χ1) is 14.1. The number of likely N-dealkylation sites (N-methyl/N-ethyl adjacent to an activating group) is 1. The predicted octanol–water partition coefficient (Wildman–Crippen LogP) is 1.19. The maximum atomic E-state index is 12.8. The summed E-state index contributed by atoms with van der Waals surface area (Å²) in [7, 11) is 1.75. The van der Waals surface area contributed by atoms with E-state index in [1.54, 1.807) is 48.6 Å². The lowest BCUT2D eigenvalue weighted by atomic mass is 10.2. The van der Waals surface area contributed by atoms with Crippen molar-refractivity contribution < 1.29 is 9.21 Å².